The molecule has 35 heavy (non-hydrogen) atoms. The number of methoxy groups -OCH3 is 1. The van der Waals surface area contributed by atoms with Crippen LogP contribution in [0, 0.1) is 6.92 Å². The molecule has 0 atom stereocenters. The molecule has 3 aromatic heterocycles. The lowest BCUT2D eigenvalue weighted by Gasteiger charge is -2.30. The SMILES string of the molecule is COCc1ccc(C(=O)NCc2c(C)ncc3c2CCN(C(=O)Cc2c[nH]c4ccccc24)C3)o1. The number of carbonyl (C=O) groups is 2. The number of nitrogens with zero attached hydrogens (tertiary/aromatic N) is 2. The van der Waals surface area contributed by atoms with Gasteiger partial charge in [0.1, 0.15) is 12.4 Å². The molecule has 1 aliphatic heterocycles. The third-order valence-corrected chi connectivity index (χ3v) is 6.56. The van der Waals surface area contributed by atoms with E-state index in [0.717, 1.165) is 45.3 Å². The number of amides is 2. The summed E-state index contributed by atoms with van der Waals surface area (Å²) in [7, 11) is 1.58. The van der Waals surface area contributed by atoms with Crippen molar-refractivity contribution < 1.29 is 18.7 Å². The highest BCUT2D eigenvalue weighted by molar-refractivity contribution is 5.91. The molecule has 0 saturated heterocycles. The number of H-pyrrole nitrogens is 1. The molecule has 8 heteroatoms. The number of furan rings is 1. The number of aryl methyl sites for hydroxylation is 1. The first kappa shape index (κ1) is 22.9. The van der Waals surface area contributed by atoms with Crippen molar-refractivity contribution in [3.8, 4) is 0 Å². The third kappa shape index (κ3) is 4.70. The average Bonchev–Trinajstić information content (AvgIpc) is 3.51. The Bertz CT molecular complexity index is 1390. The topological polar surface area (TPSA) is 100 Å². The summed E-state index contributed by atoms with van der Waals surface area (Å²) in [6.07, 6.45) is 4.85. The van der Waals surface area contributed by atoms with E-state index in [1.165, 1.54) is 0 Å². The summed E-state index contributed by atoms with van der Waals surface area (Å²) < 4.78 is 10.6. The van der Waals surface area contributed by atoms with Gasteiger partial charge in [0.25, 0.3) is 5.91 Å². The molecule has 1 aromatic carbocycles. The van der Waals surface area contributed by atoms with Gasteiger partial charge in [0.05, 0.1) is 6.42 Å². The van der Waals surface area contributed by atoms with Crippen LogP contribution < -0.4 is 5.32 Å². The van der Waals surface area contributed by atoms with Crippen molar-refractivity contribution in [2.75, 3.05) is 13.7 Å². The molecule has 180 valence electrons. The highest BCUT2D eigenvalue weighted by Crippen LogP contribution is 2.25. The maximum atomic E-state index is 13.1. The van der Waals surface area contributed by atoms with E-state index < -0.39 is 0 Å². The van der Waals surface area contributed by atoms with Crippen molar-refractivity contribution in [3.63, 3.8) is 0 Å². The number of aromatic amines is 1. The summed E-state index contributed by atoms with van der Waals surface area (Å²) in [6.45, 7) is 3.77. The molecule has 0 aliphatic carbocycles. The predicted molar refractivity (Wildman–Crippen MR) is 131 cm³/mol. The summed E-state index contributed by atoms with van der Waals surface area (Å²) >= 11 is 0. The normalized spacial score (nSPS) is 13.1. The third-order valence-electron chi connectivity index (χ3n) is 6.56. The molecule has 0 radical (unpaired) electrons. The van der Waals surface area contributed by atoms with Gasteiger partial charge in [-0.25, -0.2) is 0 Å². The quantitative estimate of drug-likeness (QED) is 0.428. The summed E-state index contributed by atoms with van der Waals surface area (Å²) in [6, 6.07) is 11.4. The predicted octanol–water partition coefficient (Wildman–Crippen LogP) is 3.67. The maximum Gasteiger partial charge on any atom is 0.287 e. The number of pyridine rings is 1. The number of fused-ring (bicyclic) bond motifs is 2. The minimum atomic E-state index is -0.282. The van der Waals surface area contributed by atoms with Gasteiger partial charge in [-0.05, 0) is 53.8 Å². The first-order valence-electron chi connectivity index (χ1n) is 11.7. The van der Waals surface area contributed by atoms with Crippen molar-refractivity contribution in [3.05, 3.63) is 88.3 Å². The fraction of sp³-hybridized carbons (Fsp3) is 0.296. The molecule has 4 heterocycles. The van der Waals surface area contributed by atoms with Crippen LogP contribution in [-0.4, -0.2) is 40.3 Å². The van der Waals surface area contributed by atoms with Crippen LogP contribution in [0.1, 0.15) is 44.3 Å². The van der Waals surface area contributed by atoms with Gasteiger partial charge in [-0.3, -0.25) is 14.6 Å². The zero-order chi connectivity index (χ0) is 24.4. The van der Waals surface area contributed by atoms with Crippen LogP contribution in [-0.2, 0) is 42.1 Å². The highest BCUT2D eigenvalue weighted by atomic mass is 16.5. The smallest absolute Gasteiger partial charge is 0.287 e. The molecule has 8 nitrogen and oxygen atoms in total. The zero-order valence-corrected chi connectivity index (χ0v) is 19.9. The van der Waals surface area contributed by atoms with Crippen LogP contribution in [0.4, 0.5) is 0 Å². The standard InChI is InChI=1S/C27H28N4O4/c1-17-23(14-30-27(33)25-8-7-20(35-25)16-34-2)21-9-10-31(15-19(21)13-28-17)26(32)11-18-12-29-24-6-4-3-5-22(18)24/h3-8,12-13,29H,9-11,14-16H2,1-2H3,(H,30,33). The van der Waals surface area contributed by atoms with Gasteiger partial charge >= 0.3 is 0 Å². The van der Waals surface area contributed by atoms with E-state index in [1.807, 2.05) is 48.5 Å². The van der Waals surface area contributed by atoms with Crippen molar-refractivity contribution in [2.24, 2.45) is 0 Å². The molecular formula is C27H28N4O4. The van der Waals surface area contributed by atoms with Gasteiger partial charge in [-0.1, -0.05) is 18.2 Å². The van der Waals surface area contributed by atoms with Gasteiger partial charge in [0.15, 0.2) is 5.76 Å². The van der Waals surface area contributed by atoms with E-state index in [4.69, 9.17) is 9.15 Å². The van der Waals surface area contributed by atoms with Crippen LogP contribution in [0.5, 0.6) is 0 Å². The lowest BCUT2D eigenvalue weighted by Crippen LogP contribution is -2.38. The summed E-state index contributed by atoms with van der Waals surface area (Å²) in [5, 5.41) is 4.03. The molecule has 2 N–H and O–H groups in total. The molecule has 1 aliphatic rings. The van der Waals surface area contributed by atoms with Crippen LogP contribution >= 0.6 is 0 Å². The Kier molecular flexibility index (Phi) is 6.37. The van der Waals surface area contributed by atoms with E-state index in [9.17, 15) is 9.59 Å². The zero-order valence-electron chi connectivity index (χ0n) is 19.9. The number of hydrogen-bond acceptors (Lipinski definition) is 5. The lowest BCUT2D eigenvalue weighted by molar-refractivity contribution is -0.131. The number of para-hydroxylation sites is 1. The van der Waals surface area contributed by atoms with Crippen molar-refractivity contribution in [1.29, 1.82) is 0 Å². The Morgan fingerprint density at radius 1 is 1.23 bits per heavy atom. The molecule has 0 bridgehead atoms. The molecule has 0 saturated carbocycles. The number of aromatic nitrogens is 2. The Hall–Kier alpha value is -3.91. The number of rotatable bonds is 7. The number of benzene rings is 1. The van der Waals surface area contributed by atoms with Gasteiger partial charge in [0.2, 0.25) is 5.91 Å². The number of ether oxygens (including phenoxy) is 1. The van der Waals surface area contributed by atoms with E-state index in [1.54, 1.807) is 19.2 Å². The first-order chi connectivity index (χ1) is 17.0. The van der Waals surface area contributed by atoms with Crippen LogP contribution in [0.15, 0.2) is 53.2 Å². The van der Waals surface area contributed by atoms with Crippen LogP contribution in [0.3, 0.4) is 0 Å². The van der Waals surface area contributed by atoms with E-state index >= 15 is 0 Å². The summed E-state index contributed by atoms with van der Waals surface area (Å²) in [5.74, 6) is 0.669. The molecule has 0 fully saturated rings. The molecule has 0 spiro atoms. The van der Waals surface area contributed by atoms with Crippen molar-refractivity contribution in [1.82, 2.24) is 20.2 Å². The maximum absolute atomic E-state index is 13.1. The second-order valence-electron chi connectivity index (χ2n) is 8.81. The second-order valence-corrected chi connectivity index (χ2v) is 8.81. The van der Waals surface area contributed by atoms with E-state index in [-0.39, 0.29) is 17.6 Å². The average molecular weight is 473 g/mol. The second kappa shape index (κ2) is 9.76. The minimum absolute atomic E-state index is 0.0977. The van der Waals surface area contributed by atoms with Crippen molar-refractivity contribution >= 4 is 22.7 Å². The van der Waals surface area contributed by atoms with Crippen LogP contribution in [0.25, 0.3) is 10.9 Å². The van der Waals surface area contributed by atoms with Gasteiger partial charge in [-0.15, -0.1) is 0 Å². The number of nitrogens with one attached hydrogen (secondary N) is 2. The monoisotopic (exact) mass is 472 g/mol. The minimum Gasteiger partial charge on any atom is -0.453 e. The van der Waals surface area contributed by atoms with Crippen molar-refractivity contribution in [2.45, 2.75) is 39.5 Å². The van der Waals surface area contributed by atoms with Gasteiger partial charge < -0.3 is 24.4 Å². The number of carbonyl (C=O) groups excluding carboxylic acids is 2. The Balaban J connectivity index is 1.26. The molecule has 2 amide bonds. The molecule has 0 unspecified atom stereocenters. The van der Waals surface area contributed by atoms with Gasteiger partial charge in [-0.2, -0.15) is 0 Å². The highest BCUT2D eigenvalue weighted by Gasteiger charge is 2.25. The Morgan fingerprint density at radius 2 is 2.09 bits per heavy atom. The van der Waals surface area contributed by atoms with Gasteiger partial charge in [0, 0.05) is 55.7 Å². The van der Waals surface area contributed by atoms with E-state index in [2.05, 4.69) is 15.3 Å². The molecule has 5 rings (SSSR count). The molecular weight excluding hydrogens is 444 g/mol. The summed E-state index contributed by atoms with van der Waals surface area (Å²) in [5.41, 5.74) is 6.11. The fourth-order valence-corrected chi connectivity index (χ4v) is 4.70. The van der Waals surface area contributed by atoms with Crippen LogP contribution in [0.2, 0.25) is 0 Å². The lowest BCUT2D eigenvalue weighted by atomic mass is 9.94. The summed E-state index contributed by atoms with van der Waals surface area (Å²) in [4.78, 5) is 35.4. The first-order valence-corrected chi connectivity index (χ1v) is 11.7. The fourth-order valence-electron chi connectivity index (χ4n) is 4.70. The largest absolute Gasteiger partial charge is 0.453 e. The Labute approximate surface area is 203 Å². The number of hydrogen-bond donors (Lipinski definition) is 2. The Morgan fingerprint density at radius 3 is 2.94 bits per heavy atom. The molecule has 4 aromatic rings. The van der Waals surface area contributed by atoms with E-state index in [0.29, 0.717) is 38.4 Å².